The van der Waals surface area contributed by atoms with E-state index in [0.29, 0.717) is 17.7 Å². The van der Waals surface area contributed by atoms with E-state index in [1.165, 1.54) is 0 Å². The SMILES string of the molecule is Oc1ccccc1C(NCc1nc2ccccc2[nH]1)c1ccccc1O. The van der Waals surface area contributed by atoms with Crippen molar-refractivity contribution < 1.29 is 10.2 Å². The van der Waals surface area contributed by atoms with Gasteiger partial charge in [0.15, 0.2) is 0 Å². The van der Waals surface area contributed by atoms with E-state index in [0.717, 1.165) is 16.9 Å². The maximum atomic E-state index is 10.3. The molecule has 5 nitrogen and oxygen atoms in total. The number of nitrogens with one attached hydrogen (secondary N) is 2. The zero-order valence-electron chi connectivity index (χ0n) is 14.1. The monoisotopic (exact) mass is 345 g/mol. The van der Waals surface area contributed by atoms with Gasteiger partial charge in [0.2, 0.25) is 0 Å². The molecular formula is C21H19N3O2. The molecule has 0 spiro atoms. The maximum Gasteiger partial charge on any atom is 0.121 e. The molecule has 0 fully saturated rings. The van der Waals surface area contributed by atoms with Crippen molar-refractivity contribution in [3.8, 4) is 11.5 Å². The lowest BCUT2D eigenvalue weighted by molar-refractivity contribution is 0.440. The molecule has 0 amide bonds. The molecule has 4 N–H and O–H groups in total. The molecule has 1 heterocycles. The summed E-state index contributed by atoms with van der Waals surface area (Å²) in [4.78, 5) is 7.86. The van der Waals surface area contributed by atoms with Gasteiger partial charge in [0.1, 0.15) is 17.3 Å². The molecule has 0 saturated carbocycles. The Morgan fingerprint density at radius 3 is 2.00 bits per heavy atom. The second kappa shape index (κ2) is 6.90. The summed E-state index contributed by atoms with van der Waals surface area (Å²) in [5, 5.41) is 24.0. The van der Waals surface area contributed by atoms with Crippen molar-refractivity contribution in [3.05, 3.63) is 89.7 Å². The van der Waals surface area contributed by atoms with Gasteiger partial charge < -0.3 is 15.2 Å². The van der Waals surface area contributed by atoms with Gasteiger partial charge in [-0.15, -0.1) is 0 Å². The topological polar surface area (TPSA) is 81.2 Å². The number of aromatic nitrogens is 2. The molecule has 0 aliphatic rings. The third kappa shape index (κ3) is 3.12. The Morgan fingerprint density at radius 1 is 0.808 bits per heavy atom. The zero-order chi connectivity index (χ0) is 17.9. The Labute approximate surface area is 151 Å². The van der Waals surface area contributed by atoms with Crippen LogP contribution in [-0.4, -0.2) is 20.2 Å². The summed E-state index contributed by atoms with van der Waals surface area (Å²) < 4.78 is 0. The largest absolute Gasteiger partial charge is 0.508 e. The fraction of sp³-hybridized carbons (Fsp3) is 0.0952. The van der Waals surface area contributed by atoms with E-state index >= 15 is 0 Å². The highest BCUT2D eigenvalue weighted by Gasteiger charge is 2.20. The number of fused-ring (bicyclic) bond motifs is 1. The molecule has 4 rings (SSSR count). The lowest BCUT2D eigenvalue weighted by Gasteiger charge is -2.21. The molecule has 3 aromatic carbocycles. The van der Waals surface area contributed by atoms with Crippen LogP contribution in [0, 0.1) is 0 Å². The van der Waals surface area contributed by atoms with E-state index in [1.54, 1.807) is 24.3 Å². The minimum absolute atomic E-state index is 0.179. The van der Waals surface area contributed by atoms with Crippen LogP contribution in [0.3, 0.4) is 0 Å². The number of hydrogen-bond acceptors (Lipinski definition) is 4. The summed E-state index contributed by atoms with van der Waals surface area (Å²) in [6.45, 7) is 0.460. The average molecular weight is 345 g/mol. The highest BCUT2D eigenvalue weighted by Crippen LogP contribution is 2.33. The molecule has 0 saturated heterocycles. The third-order valence-corrected chi connectivity index (χ3v) is 4.41. The first-order valence-electron chi connectivity index (χ1n) is 8.45. The number of para-hydroxylation sites is 4. The average Bonchev–Trinajstić information content (AvgIpc) is 3.07. The summed E-state index contributed by atoms with van der Waals surface area (Å²) in [7, 11) is 0. The number of phenolic OH excluding ortho intramolecular Hbond substituents is 2. The number of imidazole rings is 1. The Hall–Kier alpha value is -3.31. The molecule has 26 heavy (non-hydrogen) atoms. The van der Waals surface area contributed by atoms with Crippen molar-refractivity contribution in [2.24, 2.45) is 0 Å². The van der Waals surface area contributed by atoms with Gasteiger partial charge in [-0.25, -0.2) is 4.98 Å². The molecule has 0 radical (unpaired) electrons. The maximum absolute atomic E-state index is 10.3. The van der Waals surface area contributed by atoms with Gasteiger partial charge in [0.05, 0.1) is 23.6 Å². The van der Waals surface area contributed by atoms with Crippen molar-refractivity contribution >= 4 is 11.0 Å². The van der Waals surface area contributed by atoms with Crippen molar-refractivity contribution in [1.82, 2.24) is 15.3 Å². The molecule has 5 heteroatoms. The first kappa shape index (κ1) is 16.2. The number of aromatic hydroxyl groups is 2. The second-order valence-corrected chi connectivity index (χ2v) is 6.13. The van der Waals surface area contributed by atoms with Gasteiger partial charge in [0, 0.05) is 11.1 Å². The van der Waals surface area contributed by atoms with Gasteiger partial charge in [0.25, 0.3) is 0 Å². The van der Waals surface area contributed by atoms with E-state index < -0.39 is 0 Å². The molecule has 0 bridgehead atoms. The first-order chi connectivity index (χ1) is 12.7. The van der Waals surface area contributed by atoms with Crippen LogP contribution in [0.5, 0.6) is 11.5 Å². The lowest BCUT2D eigenvalue weighted by atomic mass is 9.97. The van der Waals surface area contributed by atoms with Crippen LogP contribution in [0.2, 0.25) is 0 Å². The van der Waals surface area contributed by atoms with Crippen LogP contribution in [-0.2, 0) is 6.54 Å². The summed E-state index contributed by atoms with van der Waals surface area (Å²) in [5.41, 5.74) is 3.28. The van der Waals surface area contributed by atoms with Crippen LogP contribution in [0.1, 0.15) is 23.0 Å². The van der Waals surface area contributed by atoms with Gasteiger partial charge in [-0.05, 0) is 24.3 Å². The van der Waals surface area contributed by atoms with E-state index in [2.05, 4.69) is 15.3 Å². The molecule has 4 aromatic rings. The van der Waals surface area contributed by atoms with Crippen LogP contribution >= 0.6 is 0 Å². The Morgan fingerprint density at radius 2 is 1.38 bits per heavy atom. The minimum atomic E-state index is -0.370. The van der Waals surface area contributed by atoms with Gasteiger partial charge in [-0.1, -0.05) is 48.5 Å². The van der Waals surface area contributed by atoms with Crippen LogP contribution in [0.25, 0.3) is 11.0 Å². The number of benzene rings is 3. The molecule has 0 unspecified atom stereocenters. The van der Waals surface area contributed by atoms with Gasteiger partial charge in [-0.2, -0.15) is 0 Å². The second-order valence-electron chi connectivity index (χ2n) is 6.13. The standard InChI is InChI=1S/C21H19N3O2/c25-18-11-5-1-7-14(18)21(15-8-2-6-12-19(15)26)22-13-20-23-16-9-3-4-10-17(16)24-20/h1-12,21-22,25-26H,13H2,(H,23,24). The molecule has 0 aliphatic carbocycles. The molecular weight excluding hydrogens is 326 g/mol. The summed E-state index contributed by atoms with van der Waals surface area (Å²) in [6, 6.07) is 21.7. The summed E-state index contributed by atoms with van der Waals surface area (Å²) >= 11 is 0. The number of rotatable bonds is 5. The number of phenols is 2. The predicted octanol–water partition coefficient (Wildman–Crippen LogP) is 3.85. The molecule has 1 aromatic heterocycles. The number of hydrogen-bond donors (Lipinski definition) is 4. The molecule has 0 atom stereocenters. The first-order valence-corrected chi connectivity index (χ1v) is 8.45. The summed E-state index contributed by atoms with van der Waals surface area (Å²) in [6.07, 6.45) is 0. The Bertz CT molecular complexity index is 964. The molecule has 0 aliphatic heterocycles. The number of H-pyrrole nitrogens is 1. The number of nitrogens with zero attached hydrogens (tertiary/aromatic N) is 1. The van der Waals surface area contributed by atoms with Crippen molar-refractivity contribution in [3.63, 3.8) is 0 Å². The molecule has 130 valence electrons. The van der Waals surface area contributed by atoms with E-state index in [-0.39, 0.29) is 17.5 Å². The fourth-order valence-electron chi connectivity index (χ4n) is 3.14. The smallest absolute Gasteiger partial charge is 0.121 e. The van der Waals surface area contributed by atoms with Crippen molar-refractivity contribution in [2.45, 2.75) is 12.6 Å². The van der Waals surface area contributed by atoms with Crippen LogP contribution in [0.4, 0.5) is 0 Å². The quantitative estimate of drug-likeness (QED) is 0.443. The number of aromatic amines is 1. The third-order valence-electron chi connectivity index (χ3n) is 4.41. The summed E-state index contributed by atoms with van der Waals surface area (Å²) in [5.74, 6) is 1.15. The highest BCUT2D eigenvalue weighted by atomic mass is 16.3. The van der Waals surface area contributed by atoms with Gasteiger partial charge in [-0.3, -0.25) is 5.32 Å². The highest BCUT2D eigenvalue weighted by molar-refractivity contribution is 5.74. The van der Waals surface area contributed by atoms with E-state index in [1.807, 2.05) is 48.5 Å². The predicted molar refractivity (Wildman–Crippen MR) is 101 cm³/mol. The van der Waals surface area contributed by atoms with Crippen molar-refractivity contribution in [1.29, 1.82) is 0 Å². The van der Waals surface area contributed by atoms with Gasteiger partial charge >= 0.3 is 0 Å². The Balaban J connectivity index is 1.67. The van der Waals surface area contributed by atoms with Crippen LogP contribution in [0.15, 0.2) is 72.8 Å². The minimum Gasteiger partial charge on any atom is -0.508 e. The fourth-order valence-corrected chi connectivity index (χ4v) is 3.14. The van der Waals surface area contributed by atoms with Crippen molar-refractivity contribution in [2.75, 3.05) is 0 Å². The van der Waals surface area contributed by atoms with E-state index in [9.17, 15) is 10.2 Å². The normalized spacial score (nSPS) is 11.3. The zero-order valence-corrected chi connectivity index (χ0v) is 14.1. The van der Waals surface area contributed by atoms with Crippen LogP contribution < -0.4 is 5.32 Å². The Kier molecular flexibility index (Phi) is 4.29. The lowest BCUT2D eigenvalue weighted by Crippen LogP contribution is -2.23. The van der Waals surface area contributed by atoms with E-state index in [4.69, 9.17) is 0 Å².